The molecule has 8 heteroatoms. The molecular weight excluding hydrogens is 296 g/mol. The van der Waals surface area contributed by atoms with Gasteiger partial charge in [-0.25, -0.2) is 14.6 Å². The summed E-state index contributed by atoms with van der Waals surface area (Å²) in [4.78, 5) is 30.0. The van der Waals surface area contributed by atoms with Gasteiger partial charge in [0.15, 0.2) is 0 Å². The molecule has 1 heterocycles. The highest BCUT2D eigenvalue weighted by molar-refractivity contribution is 6.34. The van der Waals surface area contributed by atoms with Crippen molar-refractivity contribution in [2.75, 3.05) is 5.32 Å². The number of urea groups is 1. The predicted octanol–water partition coefficient (Wildman–Crippen LogP) is 2.64. The number of rotatable bonds is 4. The quantitative estimate of drug-likeness (QED) is 0.696. The summed E-state index contributed by atoms with van der Waals surface area (Å²) >= 11 is 5.83. The van der Waals surface area contributed by atoms with Crippen LogP contribution in [-0.4, -0.2) is 27.1 Å². The lowest BCUT2D eigenvalue weighted by Gasteiger charge is -2.14. The molecule has 0 aliphatic rings. The second-order valence-corrected chi connectivity index (χ2v) is 4.67. The molecule has 21 heavy (non-hydrogen) atoms. The van der Waals surface area contributed by atoms with Crippen LogP contribution in [0.1, 0.15) is 29.1 Å². The van der Waals surface area contributed by atoms with Crippen molar-refractivity contribution in [1.29, 1.82) is 0 Å². The molecule has 0 aliphatic heterocycles. The first-order chi connectivity index (χ1) is 9.99. The standard InChI is InChI=1S/C13H13ClN4O3/c1-7(11-15-5-6-16-11)17-13(21)18-9-4-2-3-8(14)10(9)12(19)20/h2-7H,1H3,(H,15,16)(H,19,20)(H2,17,18,21). The highest BCUT2D eigenvalue weighted by Crippen LogP contribution is 2.24. The van der Waals surface area contributed by atoms with Gasteiger partial charge in [-0.15, -0.1) is 0 Å². The number of hydrogen-bond donors (Lipinski definition) is 4. The lowest BCUT2D eigenvalue weighted by molar-refractivity contribution is 0.0698. The lowest BCUT2D eigenvalue weighted by Crippen LogP contribution is -2.32. The van der Waals surface area contributed by atoms with E-state index in [1.807, 2.05) is 0 Å². The third-order valence-electron chi connectivity index (χ3n) is 2.75. The fraction of sp³-hybridized carbons (Fsp3) is 0.154. The van der Waals surface area contributed by atoms with E-state index in [-0.39, 0.29) is 22.3 Å². The molecule has 110 valence electrons. The van der Waals surface area contributed by atoms with Crippen LogP contribution in [0.15, 0.2) is 30.6 Å². The van der Waals surface area contributed by atoms with E-state index in [0.717, 1.165) is 0 Å². The molecule has 0 saturated heterocycles. The van der Waals surface area contributed by atoms with E-state index in [9.17, 15) is 9.59 Å². The number of benzene rings is 1. The van der Waals surface area contributed by atoms with E-state index in [4.69, 9.17) is 16.7 Å². The van der Waals surface area contributed by atoms with Crippen molar-refractivity contribution in [3.8, 4) is 0 Å². The molecule has 2 rings (SSSR count). The summed E-state index contributed by atoms with van der Waals surface area (Å²) in [5, 5.41) is 14.3. The molecule has 4 N–H and O–H groups in total. The van der Waals surface area contributed by atoms with E-state index < -0.39 is 12.0 Å². The Bertz CT molecular complexity index is 657. The summed E-state index contributed by atoms with van der Waals surface area (Å²) in [6.07, 6.45) is 3.22. The number of H-pyrrole nitrogens is 1. The average Bonchev–Trinajstić information content (AvgIpc) is 2.91. The zero-order chi connectivity index (χ0) is 15.4. The maximum Gasteiger partial charge on any atom is 0.339 e. The lowest BCUT2D eigenvalue weighted by atomic mass is 10.2. The third-order valence-corrected chi connectivity index (χ3v) is 3.07. The van der Waals surface area contributed by atoms with Crippen molar-refractivity contribution in [1.82, 2.24) is 15.3 Å². The molecule has 0 spiro atoms. The molecular formula is C13H13ClN4O3. The van der Waals surface area contributed by atoms with E-state index in [1.165, 1.54) is 12.1 Å². The summed E-state index contributed by atoms with van der Waals surface area (Å²) in [5.41, 5.74) is -0.0286. The fourth-order valence-corrected chi connectivity index (χ4v) is 2.04. The zero-order valence-electron chi connectivity index (χ0n) is 11.1. The van der Waals surface area contributed by atoms with Crippen LogP contribution < -0.4 is 10.6 Å². The Kier molecular flexibility index (Phi) is 4.44. The second kappa shape index (κ2) is 6.27. The van der Waals surface area contributed by atoms with Gasteiger partial charge in [0, 0.05) is 12.4 Å². The number of nitrogens with zero attached hydrogens (tertiary/aromatic N) is 1. The van der Waals surface area contributed by atoms with Crippen molar-refractivity contribution < 1.29 is 14.7 Å². The van der Waals surface area contributed by atoms with E-state index in [0.29, 0.717) is 5.82 Å². The van der Waals surface area contributed by atoms with Gasteiger partial charge in [0.2, 0.25) is 0 Å². The van der Waals surface area contributed by atoms with Crippen LogP contribution >= 0.6 is 11.6 Å². The van der Waals surface area contributed by atoms with Gasteiger partial charge < -0.3 is 20.7 Å². The SMILES string of the molecule is CC(NC(=O)Nc1cccc(Cl)c1C(=O)O)c1ncc[nH]1. The molecule has 1 atom stereocenters. The van der Waals surface area contributed by atoms with Crippen LogP contribution in [0, 0.1) is 0 Å². The number of carboxylic acids is 1. The highest BCUT2D eigenvalue weighted by atomic mass is 35.5. The highest BCUT2D eigenvalue weighted by Gasteiger charge is 2.17. The number of nitrogens with one attached hydrogen (secondary N) is 3. The van der Waals surface area contributed by atoms with E-state index in [1.54, 1.807) is 25.4 Å². The summed E-state index contributed by atoms with van der Waals surface area (Å²) in [7, 11) is 0. The van der Waals surface area contributed by atoms with Crippen molar-refractivity contribution in [3.63, 3.8) is 0 Å². The van der Waals surface area contributed by atoms with Crippen molar-refractivity contribution in [2.45, 2.75) is 13.0 Å². The van der Waals surface area contributed by atoms with E-state index >= 15 is 0 Å². The van der Waals surface area contributed by atoms with Crippen LogP contribution in [-0.2, 0) is 0 Å². The second-order valence-electron chi connectivity index (χ2n) is 4.26. The molecule has 1 aromatic carbocycles. The molecule has 1 aromatic heterocycles. The normalized spacial score (nSPS) is 11.7. The molecule has 0 radical (unpaired) electrons. The number of carbonyl (C=O) groups is 2. The van der Waals surface area contributed by atoms with Crippen molar-refractivity contribution in [2.24, 2.45) is 0 Å². The number of imidazole rings is 1. The van der Waals surface area contributed by atoms with Crippen LogP contribution in [0.25, 0.3) is 0 Å². The Morgan fingerprint density at radius 1 is 1.43 bits per heavy atom. The van der Waals surface area contributed by atoms with Gasteiger partial charge in [0.25, 0.3) is 0 Å². The first-order valence-electron chi connectivity index (χ1n) is 6.07. The molecule has 0 saturated carbocycles. The van der Waals surface area contributed by atoms with Gasteiger partial charge in [-0.1, -0.05) is 17.7 Å². The molecule has 0 fully saturated rings. The van der Waals surface area contributed by atoms with Gasteiger partial charge in [-0.05, 0) is 19.1 Å². The van der Waals surface area contributed by atoms with Gasteiger partial charge >= 0.3 is 12.0 Å². The minimum Gasteiger partial charge on any atom is -0.478 e. The Morgan fingerprint density at radius 3 is 2.81 bits per heavy atom. The number of aromatic amines is 1. The summed E-state index contributed by atoms with van der Waals surface area (Å²) in [6.45, 7) is 1.74. The van der Waals surface area contributed by atoms with Crippen molar-refractivity contribution >= 4 is 29.3 Å². The average molecular weight is 309 g/mol. The number of amides is 2. The molecule has 1 unspecified atom stereocenters. The van der Waals surface area contributed by atoms with Gasteiger partial charge in [-0.2, -0.15) is 0 Å². The number of halogens is 1. The fourth-order valence-electron chi connectivity index (χ4n) is 1.78. The van der Waals surface area contributed by atoms with Crippen LogP contribution in [0.3, 0.4) is 0 Å². The molecule has 0 aliphatic carbocycles. The number of aromatic nitrogens is 2. The molecule has 2 amide bonds. The number of carboxylic acid groups (broad SMARTS) is 1. The molecule has 0 bridgehead atoms. The molecule has 2 aromatic rings. The predicted molar refractivity (Wildman–Crippen MR) is 77.6 cm³/mol. The number of anilines is 1. The first kappa shape index (κ1) is 14.9. The van der Waals surface area contributed by atoms with Gasteiger partial charge in [-0.3, -0.25) is 0 Å². The maximum atomic E-state index is 11.9. The smallest absolute Gasteiger partial charge is 0.339 e. The first-order valence-corrected chi connectivity index (χ1v) is 6.45. The number of hydrogen-bond acceptors (Lipinski definition) is 3. The monoisotopic (exact) mass is 308 g/mol. The number of aromatic carboxylic acids is 1. The van der Waals surface area contributed by atoms with Gasteiger partial charge in [0.05, 0.1) is 16.8 Å². The van der Waals surface area contributed by atoms with Crippen molar-refractivity contribution in [3.05, 3.63) is 47.0 Å². The largest absolute Gasteiger partial charge is 0.478 e. The Morgan fingerprint density at radius 2 is 2.19 bits per heavy atom. The Hall–Kier alpha value is -2.54. The Labute approximate surface area is 125 Å². The van der Waals surface area contributed by atoms with E-state index in [2.05, 4.69) is 20.6 Å². The Balaban J connectivity index is 2.10. The minimum absolute atomic E-state index is 0.0550. The summed E-state index contributed by atoms with van der Waals surface area (Å²) < 4.78 is 0. The van der Waals surface area contributed by atoms with Crippen LogP contribution in [0.4, 0.5) is 10.5 Å². The minimum atomic E-state index is -1.21. The molecule has 7 nitrogen and oxygen atoms in total. The zero-order valence-corrected chi connectivity index (χ0v) is 11.8. The topological polar surface area (TPSA) is 107 Å². The summed E-state index contributed by atoms with van der Waals surface area (Å²) in [5.74, 6) is -0.621. The number of carbonyl (C=O) groups excluding carboxylic acids is 1. The van der Waals surface area contributed by atoms with Crippen LogP contribution in [0.2, 0.25) is 5.02 Å². The van der Waals surface area contributed by atoms with Crippen LogP contribution in [0.5, 0.6) is 0 Å². The third kappa shape index (κ3) is 3.51. The maximum absolute atomic E-state index is 11.9. The summed E-state index contributed by atoms with van der Waals surface area (Å²) in [6, 6.07) is 3.56. The van der Waals surface area contributed by atoms with Gasteiger partial charge in [0.1, 0.15) is 11.4 Å².